The third-order valence-corrected chi connectivity index (χ3v) is 3.64. The number of hydrogen-bond donors (Lipinski definition) is 1. The van der Waals surface area contributed by atoms with E-state index in [2.05, 4.69) is 0 Å². The Balaban J connectivity index is 2.46. The molecule has 0 amide bonds. The molecular weight excluding hydrogens is 200 g/mol. The van der Waals surface area contributed by atoms with Gasteiger partial charge in [0.05, 0.1) is 17.8 Å². The number of ether oxygens (including phenoxy) is 1. The third-order valence-electron chi connectivity index (χ3n) is 2.45. The third kappa shape index (κ3) is 1.44. The molecule has 0 saturated carbocycles. The number of rotatable bonds is 1. The van der Waals surface area contributed by atoms with E-state index in [0.29, 0.717) is 12.0 Å². The lowest BCUT2D eigenvalue weighted by molar-refractivity contribution is -0.00239. The Kier molecular flexibility index (Phi) is 2.33. The molecule has 76 valence electrons. The largest absolute Gasteiger partial charge is 0.478 e. The van der Waals surface area contributed by atoms with Crippen molar-refractivity contribution in [3.8, 4) is 0 Å². The van der Waals surface area contributed by atoms with Crippen molar-refractivity contribution in [3.63, 3.8) is 0 Å². The quantitative estimate of drug-likeness (QED) is 0.777. The highest BCUT2D eigenvalue weighted by atomic mass is 32.1. The topological polar surface area (TPSA) is 46.5 Å². The molecule has 0 spiro atoms. The van der Waals surface area contributed by atoms with Gasteiger partial charge in [-0.2, -0.15) is 0 Å². The average Bonchev–Trinajstić information content (AvgIpc) is 2.47. The van der Waals surface area contributed by atoms with E-state index in [1.54, 1.807) is 5.38 Å². The molecule has 1 N–H and O–H groups in total. The van der Waals surface area contributed by atoms with Crippen LogP contribution in [0.25, 0.3) is 0 Å². The molecule has 0 aliphatic carbocycles. The zero-order valence-corrected chi connectivity index (χ0v) is 8.93. The lowest BCUT2D eigenvalue weighted by Gasteiger charge is -2.25. The van der Waals surface area contributed by atoms with Crippen molar-refractivity contribution in [3.05, 3.63) is 21.4 Å². The second-order valence-corrected chi connectivity index (χ2v) is 4.50. The van der Waals surface area contributed by atoms with E-state index in [4.69, 9.17) is 9.84 Å². The van der Waals surface area contributed by atoms with Gasteiger partial charge in [0.1, 0.15) is 0 Å². The van der Waals surface area contributed by atoms with E-state index >= 15 is 0 Å². The summed E-state index contributed by atoms with van der Waals surface area (Å²) in [6, 6.07) is 0. The van der Waals surface area contributed by atoms with Crippen molar-refractivity contribution in [1.29, 1.82) is 0 Å². The molecule has 1 aliphatic rings. The van der Waals surface area contributed by atoms with Gasteiger partial charge in [-0.1, -0.05) is 0 Å². The van der Waals surface area contributed by atoms with E-state index < -0.39 is 5.97 Å². The number of carboxylic acids is 1. The van der Waals surface area contributed by atoms with Crippen LogP contribution in [-0.2, 0) is 11.2 Å². The first-order valence-corrected chi connectivity index (χ1v) is 5.46. The predicted octanol–water partition coefficient (Wildman–Crippen LogP) is 2.47. The van der Waals surface area contributed by atoms with Crippen molar-refractivity contribution >= 4 is 17.3 Å². The molecule has 2 atom stereocenters. The lowest BCUT2D eigenvalue weighted by atomic mass is 10.00. The molecule has 2 heterocycles. The van der Waals surface area contributed by atoms with Crippen molar-refractivity contribution in [2.24, 2.45) is 0 Å². The zero-order valence-electron chi connectivity index (χ0n) is 8.11. The summed E-state index contributed by atoms with van der Waals surface area (Å²) in [6.45, 7) is 3.94. The molecule has 0 fully saturated rings. The van der Waals surface area contributed by atoms with E-state index in [1.165, 1.54) is 11.3 Å². The van der Waals surface area contributed by atoms with E-state index in [9.17, 15) is 4.79 Å². The second kappa shape index (κ2) is 3.37. The molecule has 2 unspecified atom stereocenters. The number of thiophene rings is 1. The average molecular weight is 212 g/mol. The minimum Gasteiger partial charge on any atom is -0.478 e. The Morgan fingerprint density at radius 2 is 2.36 bits per heavy atom. The number of carbonyl (C=O) groups is 1. The molecule has 14 heavy (non-hydrogen) atoms. The first-order valence-electron chi connectivity index (χ1n) is 4.58. The van der Waals surface area contributed by atoms with Crippen LogP contribution in [-0.4, -0.2) is 17.2 Å². The Hall–Kier alpha value is -0.870. The van der Waals surface area contributed by atoms with Crippen molar-refractivity contribution in [1.82, 2.24) is 0 Å². The highest BCUT2D eigenvalue weighted by molar-refractivity contribution is 7.10. The maximum Gasteiger partial charge on any atom is 0.336 e. The molecule has 4 heteroatoms. The summed E-state index contributed by atoms with van der Waals surface area (Å²) in [6.07, 6.45) is 0.863. The number of aromatic carboxylic acids is 1. The number of fused-ring (bicyclic) bond motifs is 1. The Labute approximate surface area is 86.3 Å². The van der Waals surface area contributed by atoms with Crippen LogP contribution >= 0.6 is 11.3 Å². The van der Waals surface area contributed by atoms with Gasteiger partial charge in [-0.05, 0) is 19.4 Å². The first-order chi connectivity index (χ1) is 6.59. The first kappa shape index (κ1) is 9.68. The van der Waals surface area contributed by atoms with Gasteiger partial charge in [0, 0.05) is 16.7 Å². The molecule has 2 rings (SSSR count). The van der Waals surface area contributed by atoms with E-state index in [1.807, 2.05) is 13.8 Å². The normalized spacial score (nSPS) is 25.9. The van der Waals surface area contributed by atoms with Crippen molar-refractivity contribution in [2.45, 2.75) is 32.5 Å². The van der Waals surface area contributed by atoms with Gasteiger partial charge in [-0.15, -0.1) is 11.3 Å². The summed E-state index contributed by atoms with van der Waals surface area (Å²) in [7, 11) is 0. The summed E-state index contributed by atoms with van der Waals surface area (Å²) in [5, 5.41) is 10.7. The van der Waals surface area contributed by atoms with Crippen molar-refractivity contribution in [2.75, 3.05) is 0 Å². The van der Waals surface area contributed by atoms with Crippen LogP contribution in [0.3, 0.4) is 0 Å². The van der Waals surface area contributed by atoms with E-state index in [0.717, 1.165) is 10.4 Å². The van der Waals surface area contributed by atoms with Gasteiger partial charge in [0.15, 0.2) is 0 Å². The van der Waals surface area contributed by atoms with Crippen LogP contribution in [0.1, 0.15) is 40.8 Å². The molecule has 1 aromatic heterocycles. The van der Waals surface area contributed by atoms with Crippen LogP contribution < -0.4 is 0 Å². The lowest BCUT2D eigenvalue weighted by Crippen LogP contribution is -2.21. The summed E-state index contributed by atoms with van der Waals surface area (Å²) in [5.74, 6) is -0.830. The summed E-state index contributed by atoms with van der Waals surface area (Å²) in [5.41, 5.74) is 1.42. The van der Waals surface area contributed by atoms with Gasteiger partial charge in [-0.25, -0.2) is 4.79 Å². The maximum atomic E-state index is 10.9. The predicted molar refractivity (Wildman–Crippen MR) is 53.9 cm³/mol. The van der Waals surface area contributed by atoms with Crippen LogP contribution in [0.15, 0.2) is 5.38 Å². The number of hydrogen-bond acceptors (Lipinski definition) is 3. The van der Waals surface area contributed by atoms with Crippen molar-refractivity contribution < 1.29 is 14.6 Å². The Morgan fingerprint density at radius 1 is 1.64 bits per heavy atom. The highest BCUT2D eigenvalue weighted by Gasteiger charge is 2.27. The van der Waals surface area contributed by atoms with Crippen LogP contribution in [0, 0.1) is 0 Å². The van der Waals surface area contributed by atoms with Gasteiger partial charge in [0.2, 0.25) is 0 Å². The minimum absolute atomic E-state index is 0.0341. The van der Waals surface area contributed by atoms with Crippen LogP contribution in [0.4, 0.5) is 0 Å². The summed E-state index contributed by atoms with van der Waals surface area (Å²) < 4.78 is 5.62. The second-order valence-electron chi connectivity index (χ2n) is 3.59. The highest BCUT2D eigenvalue weighted by Crippen LogP contribution is 2.36. The van der Waals surface area contributed by atoms with Gasteiger partial charge < -0.3 is 9.84 Å². The maximum absolute atomic E-state index is 10.9. The SMILES string of the molecule is CC1Cc2c(C(=O)O)csc2C(C)O1. The fourth-order valence-corrected chi connectivity index (χ4v) is 2.95. The fourth-order valence-electron chi connectivity index (χ4n) is 1.87. The van der Waals surface area contributed by atoms with Gasteiger partial charge in [0.25, 0.3) is 0 Å². The van der Waals surface area contributed by atoms with E-state index in [-0.39, 0.29) is 12.2 Å². The Bertz CT molecular complexity index is 369. The molecule has 0 saturated heterocycles. The van der Waals surface area contributed by atoms with Crippen LogP contribution in [0.2, 0.25) is 0 Å². The number of carboxylic acid groups (broad SMARTS) is 1. The standard InChI is InChI=1S/C10H12O3S/c1-5-3-7-8(10(11)12)4-14-9(7)6(2)13-5/h4-6H,3H2,1-2H3,(H,11,12). The molecule has 0 aromatic carbocycles. The summed E-state index contributed by atoms with van der Waals surface area (Å²) >= 11 is 1.48. The molecule has 0 radical (unpaired) electrons. The van der Waals surface area contributed by atoms with Gasteiger partial charge in [-0.3, -0.25) is 0 Å². The molecular formula is C10H12O3S. The van der Waals surface area contributed by atoms with Gasteiger partial charge >= 0.3 is 5.97 Å². The minimum atomic E-state index is -0.830. The summed E-state index contributed by atoms with van der Waals surface area (Å²) in [4.78, 5) is 12.0. The molecule has 0 bridgehead atoms. The van der Waals surface area contributed by atoms with Crippen LogP contribution in [0.5, 0.6) is 0 Å². The fraction of sp³-hybridized carbons (Fsp3) is 0.500. The smallest absolute Gasteiger partial charge is 0.336 e. The molecule has 3 nitrogen and oxygen atoms in total. The monoisotopic (exact) mass is 212 g/mol. The molecule has 1 aliphatic heterocycles. The zero-order chi connectivity index (χ0) is 10.3. The molecule has 1 aromatic rings. The Morgan fingerprint density at radius 3 is 3.00 bits per heavy atom.